The van der Waals surface area contributed by atoms with Gasteiger partial charge in [0.05, 0.1) is 17.9 Å². The number of aromatic nitrogens is 1. The topological polar surface area (TPSA) is 78.7 Å². The predicted octanol–water partition coefficient (Wildman–Crippen LogP) is 8.88. The molecule has 0 amide bonds. The number of pyridine rings is 1. The lowest BCUT2D eigenvalue weighted by Crippen LogP contribution is -2.43. The van der Waals surface area contributed by atoms with Gasteiger partial charge in [0.1, 0.15) is 11.8 Å². The Morgan fingerprint density at radius 2 is 1.88 bits per heavy atom. The van der Waals surface area contributed by atoms with Gasteiger partial charge in [-0.2, -0.15) is 5.26 Å². The highest BCUT2D eigenvalue weighted by Crippen LogP contribution is 2.47. The van der Waals surface area contributed by atoms with E-state index in [9.17, 15) is 10.1 Å². The molecular formula is C42H54N4O3. The van der Waals surface area contributed by atoms with E-state index in [-0.39, 0.29) is 5.78 Å². The highest BCUT2D eigenvalue weighted by Gasteiger charge is 2.43. The molecule has 260 valence electrons. The number of Topliss-reactive ketones (excluding diaryl/α,β-unsaturated/α-hetero) is 1. The van der Waals surface area contributed by atoms with Crippen molar-refractivity contribution in [2.45, 2.75) is 91.1 Å². The first-order chi connectivity index (χ1) is 23.7. The molecule has 3 aromatic rings. The fraction of sp³-hybridized carbons (Fsp3) is 0.500. The van der Waals surface area contributed by atoms with Crippen molar-refractivity contribution in [1.29, 1.82) is 5.26 Å². The average Bonchev–Trinajstić information content (AvgIpc) is 3.09. The fourth-order valence-electron chi connectivity index (χ4n) is 7.42. The van der Waals surface area contributed by atoms with Crippen molar-refractivity contribution in [1.82, 2.24) is 9.88 Å². The third-order valence-electron chi connectivity index (χ3n) is 10.8. The van der Waals surface area contributed by atoms with Gasteiger partial charge in [-0.25, -0.2) is 0 Å². The van der Waals surface area contributed by atoms with E-state index < -0.39 is 5.60 Å². The van der Waals surface area contributed by atoms with Crippen molar-refractivity contribution in [2.24, 2.45) is 5.92 Å². The first kappa shape index (κ1) is 36.3. The highest BCUT2D eigenvalue weighted by atomic mass is 16.5. The van der Waals surface area contributed by atoms with Gasteiger partial charge >= 0.3 is 0 Å². The molecule has 1 atom stereocenters. The molecule has 0 bridgehead atoms. The quantitative estimate of drug-likeness (QED) is 0.150. The molecule has 1 aliphatic heterocycles. The van der Waals surface area contributed by atoms with Crippen LogP contribution in [0.4, 0.5) is 5.69 Å². The van der Waals surface area contributed by atoms with Crippen LogP contribution in [-0.2, 0) is 10.3 Å². The Kier molecular flexibility index (Phi) is 12.3. The highest BCUT2D eigenvalue weighted by molar-refractivity contribution is 5.97. The Morgan fingerprint density at radius 1 is 1.10 bits per heavy atom. The molecular weight excluding hydrogens is 608 g/mol. The monoisotopic (exact) mass is 662 g/mol. The maximum Gasteiger partial charge on any atom is 0.162 e. The molecule has 0 radical (unpaired) electrons. The van der Waals surface area contributed by atoms with Gasteiger partial charge < -0.3 is 14.4 Å². The summed E-state index contributed by atoms with van der Waals surface area (Å²) in [5, 5.41) is 9.35. The Labute approximate surface area is 293 Å². The van der Waals surface area contributed by atoms with Gasteiger partial charge in [-0.05, 0) is 114 Å². The van der Waals surface area contributed by atoms with Crippen molar-refractivity contribution in [2.75, 3.05) is 44.8 Å². The first-order valence-corrected chi connectivity index (χ1v) is 18.1. The number of ether oxygens (including phenoxy) is 2. The Morgan fingerprint density at radius 3 is 2.49 bits per heavy atom. The standard InChI is InChI=1S/C42H54N4O3/c1-7-11-39(47)34-18-16-30(3)38(26-34)46(24-25-48-6)36(8-2)29-45-22-20-33(21-23-45)37-15-9-12-31(4)41(37)49-42(5,35-13-10-14-35)40-19-17-32(27-43)28-44-40/h8-9,12,15-19,26,28,33,35H,7,10-11,13-14,20-25,29H2,1-6H3. The van der Waals surface area contributed by atoms with Crippen molar-refractivity contribution in [3.8, 4) is 11.8 Å². The number of rotatable bonds is 15. The summed E-state index contributed by atoms with van der Waals surface area (Å²) < 4.78 is 12.7. The molecule has 5 rings (SSSR count). The summed E-state index contributed by atoms with van der Waals surface area (Å²) in [5.41, 5.74) is 7.58. The Hall–Kier alpha value is -3.99. The summed E-state index contributed by atoms with van der Waals surface area (Å²) >= 11 is 0. The molecule has 0 spiro atoms. The SMILES string of the molecule is CC=C(CN1CCC(c2cccc(C)c2OC(C)(c2ccc(C#N)cn2)C2CCC2)CC1)N(CCOC)c1cc(C(=O)CCC)ccc1C. The lowest BCUT2D eigenvalue weighted by Gasteiger charge is -2.43. The molecule has 0 N–H and O–H groups in total. The minimum atomic E-state index is -0.559. The molecule has 1 saturated carbocycles. The predicted molar refractivity (Wildman–Crippen MR) is 197 cm³/mol. The summed E-state index contributed by atoms with van der Waals surface area (Å²) in [5.74, 6) is 1.97. The number of hydrogen-bond acceptors (Lipinski definition) is 7. The van der Waals surface area contributed by atoms with Crippen molar-refractivity contribution < 1.29 is 14.3 Å². The number of anilines is 1. The van der Waals surface area contributed by atoms with E-state index in [2.05, 4.69) is 80.0 Å². The molecule has 1 aliphatic carbocycles. The smallest absolute Gasteiger partial charge is 0.162 e. The van der Waals surface area contributed by atoms with E-state index in [1.807, 2.05) is 25.1 Å². The second kappa shape index (κ2) is 16.6. The van der Waals surface area contributed by atoms with Crippen LogP contribution in [0.5, 0.6) is 5.75 Å². The molecule has 2 aromatic carbocycles. The van der Waals surface area contributed by atoms with Gasteiger partial charge in [-0.15, -0.1) is 0 Å². The molecule has 7 heteroatoms. The van der Waals surface area contributed by atoms with Crippen molar-refractivity contribution in [3.05, 3.63) is 100 Å². The fourth-order valence-corrected chi connectivity index (χ4v) is 7.42. The molecule has 1 unspecified atom stereocenters. The number of nitrogens with zero attached hydrogens (tertiary/aromatic N) is 4. The molecule has 7 nitrogen and oxygen atoms in total. The molecule has 2 fully saturated rings. The van der Waals surface area contributed by atoms with E-state index in [1.165, 1.54) is 17.7 Å². The number of hydrogen-bond donors (Lipinski definition) is 0. The number of methoxy groups -OCH3 is 1. The van der Waals surface area contributed by atoms with Gasteiger partial charge in [0.15, 0.2) is 11.4 Å². The maximum atomic E-state index is 12.8. The summed E-state index contributed by atoms with van der Waals surface area (Å²) in [6.45, 7) is 14.7. The van der Waals surface area contributed by atoms with Crippen LogP contribution in [0.3, 0.4) is 0 Å². The lowest BCUT2D eigenvalue weighted by atomic mass is 9.71. The van der Waals surface area contributed by atoms with Crippen LogP contribution in [0.15, 0.2) is 66.5 Å². The van der Waals surface area contributed by atoms with Crippen LogP contribution in [0.25, 0.3) is 0 Å². The average molecular weight is 663 g/mol. The van der Waals surface area contributed by atoms with Gasteiger partial charge in [0.25, 0.3) is 0 Å². The summed E-state index contributed by atoms with van der Waals surface area (Å²) in [6, 6.07) is 18.7. The van der Waals surface area contributed by atoms with Crippen LogP contribution >= 0.6 is 0 Å². The minimum Gasteiger partial charge on any atom is -0.480 e. The second-order valence-electron chi connectivity index (χ2n) is 14.0. The van der Waals surface area contributed by atoms with Crippen LogP contribution in [-0.4, -0.2) is 55.6 Å². The van der Waals surface area contributed by atoms with E-state index in [4.69, 9.17) is 14.5 Å². The number of ketones is 1. The lowest BCUT2D eigenvalue weighted by molar-refractivity contribution is -0.0211. The van der Waals surface area contributed by atoms with E-state index in [0.717, 1.165) is 92.1 Å². The first-order valence-electron chi connectivity index (χ1n) is 18.1. The largest absolute Gasteiger partial charge is 0.480 e. The number of aryl methyl sites for hydroxylation is 2. The minimum absolute atomic E-state index is 0.195. The number of carbonyl (C=O) groups excluding carboxylic acids is 1. The van der Waals surface area contributed by atoms with Crippen LogP contribution in [0.1, 0.15) is 110 Å². The molecule has 49 heavy (non-hydrogen) atoms. The van der Waals surface area contributed by atoms with E-state index >= 15 is 0 Å². The number of piperidine rings is 1. The summed E-state index contributed by atoms with van der Waals surface area (Å²) in [4.78, 5) is 22.5. The van der Waals surface area contributed by atoms with Crippen molar-refractivity contribution >= 4 is 11.5 Å². The van der Waals surface area contributed by atoms with E-state index in [1.54, 1.807) is 13.3 Å². The zero-order valence-corrected chi connectivity index (χ0v) is 30.4. The number of para-hydroxylation sites is 1. The number of benzene rings is 2. The third kappa shape index (κ3) is 8.25. The molecule has 1 saturated heterocycles. The van der Waals surface area contributed by atoms with Crippen LogP contribution in [0.2, 0.25) is 0 Å². The van der Waals surface area contributed by atoms with Gasteiger partial charge in [-0.1, -0.05) is 49.8 Å². The van der Waals surface area contributed by atoms with Crippen LogP contribution < -0.4 is 9.64 Å². The zero-order chi connectivity index (χ0) is 35.0. The summed E-state index contributed by atoms with van der Waals surface area (Å²) in [6.07, 6.45) is 10.8. The van der Waals surface area contributed by atoms with Crippen LogP contribution in [0, 0.1) is 31.1 Å². The maximum absolute atomic E-state index is 12.8. The van der Waals surface area contributed by atoms with Gasteiger partial charge in [-0.3, -0.25) is 14.7 Å². The molecule has 2 aliphatic rings. The Bertz CT molecular complexity index is 1650. The third-order valence-corrected chi connectivity index (χ3v) is 10.8. The number of likely N-dealkylation sites (tertiary alicyclic amines) is 1. The number of carbonyl (C=O) groups is 1. The Balaban J connectivity index is 1.33. The normalized spacial score (nSPS) is 17.2. The number of allylic oxidation sites excluding steroid dienone is 1. The molecule has 2 heterocycles. The van der Waals surface area contributed by atoms with Gasteiger partial charge in [0.2, 0.25) is 0 Å². The van der Waals surface area contributed by atoms with Crippen molar-refractivity contribution in [3.63, 3.8) is 0 Å². The van der Waals surface area contributed by atoms with E-state index in [0.29, 0.717) is 30.4 Å². The number of nitriles is 1. The molecule has 1 aromatic heterocycles. The zero-order valence-electron chi connectivity index (χ0n) is 30.4. The summed E-state index contributed by atoms with van der Waals surface area (Å²) in [7, 11) is 1.74. The van der Waals surface area contributed by atoms with Gasteiger partial charge in [0, 0.05) is 55.7 Å². The second-order valence-corrected chi connectivity index (χ2v) is 14.0.